The normalized spacial score (nSPS) is 12.3. The Morgan fingerprint density at radius 1 is 1.12 bits per heavy atom. The van der Waals surface area contributed by atoms with Crippen molar-refractivity contribution in [3.63, 3.8) is 0 Å². The maximum absolute atomic E-state index is 5.87. The molecule has 2 heterocycles. The minimum absolute atomic E-state index is 0.575. The second kappa shape index (κ2) is 10.5. The van der Waals surface area contributed by atoms with Gasteiger partial charge in [0.15, 0.2) is 0 Å². The highest BCUT2D eigenvalue weighted by Gasteiger charge is 2.24. The van der Waals surface area contributed by atoms with E-state index < -0.39 is 0 Å². The highest BCUT2D eigenvalue weighted by atomic mass is 32.2. The third kappa shape index (κ3) is 5.06. The van der Waals surface area contributed by atoms with E-state index in [0.717, 1.165) is 59.5 Å². The van der Waals surface area contributed by atoms with Crippen LogP contribution in [0.2, 0.25) is 0 Å². The summed E-state index contributed by atoms with van der Waals surface area (Å²) in [6, 6.07) is 16.2. The molecule has 0 bridgehead atoms. The molecule has 1 aromatic heterocycles. The number of likely N-dealkylation sites (N-methyl/N-ethyl adjacent to an activating group) is 1. The Labute approximate surface area is 194 Å². The Bertz CT molecular complexity index is 1050. The van der Waals surface area contributed by atoms with Gasteiger partial charge in [0.05, 0.1) is 16.3 Å². The Kier molecular flexibility index (Phi) is 7.29. The third-order valence-electron chi connectivity index (χ3n) is 5.37. The molecule has 1 N–H and O–H groups in total. The summed E-state index contributed by atoms with van der Waals surface area (Å²) in [5.41, 5.74) is 4.11. The summed E-state index contributed by atoms with van der Waals surface area (Å²) in [5, 5.41) is 3.32. The molecular formula is C25H29N5OS. The van der Waals surface area contributed by atoms with Crippen molar-refractivity contribution in [2.24, 2.45) is 0 Å². The second-order valence-electron chi connectivity index (χ2n) is 7.39. The second-order valence-corrected chi connectivity index (χ2v) is 8.45. The first-order chi connectivity index (χ1) is 15.7. The van der Waals surface area contributed by atoms with Gasteiger partial charge in [-0.1, -0.05) is 38.1 Å². The molecule has 166 valence electrons. The number of fused-ring (bicyclic) bond motifs is 3. The zero-order valence-corrected chi connectivity index (χ0v) is 19.4. The molecule has 0 aliphatic carbocycles. The number of hydrogen-bond donors (Lipinski definition) is 1. The van der Waals surface area contributed by atoms with Gasteiger partial charge >= 0.3 is 0 Å². The van der Waals surface area contributed by atoms with Gasteiger partial charge < -0.3 is 19.3 Å². The molecule has 0 unspecified atom stereocenters. The fourth-order valence-corrected chi connectivity index (χ4v) is 4.62. The van der Waals surface area contributed by atoms with E-state index >= 15 is 0 Å². The Hall–Kier alpha value is -3.03. The molecule has 6 nitrogen and oxygen atoms in total. The first-order valence-corrected chi connectivity index (χ1v) is 11.7. The molecule has 7 heteroatoms. The number of para-hydroxylation sites is 1. The van der Waals surface area contributed by atoms with E-state index in [-0.39, 0.29) is 0 Å². The summed E-state index contributed by atoms with van der Waals surface area (Å²) in [7, 11) is 0. The van der Waals surface area contributed by atoms with Gasteiger partial charge in [0, 0.05) is 30.5 Å². The molecule has 0 saturated heterocycles. The molecule has 2 aromatic carbocycles. The van der Waals surface area contributed by atoms with E-state index in [1.165, 1.54) is 0 Å². The van der Waals surface area contributed by atoms with Crippen molar-refractivity contribution in [2.45, 2.75) is 18.7 Å². The molecule has 1 aliphatic heterocycles. The van der Waals surface area contributed by atoms with Crippen LogP contribution >= 0.6 is 11.9 Å². The van der Waals surface area contributed by atoms with Gasteiger partial charge in [0.1, 0.15) is 12.4 Å². The smallest absolute Gasteiger partial charge is 0.227 e. The van der Waals surface area contributed by atoms with Crippen LogP contribution in [-0.4, -0.2) is 47.7 Å². The number of hydrogen-bond acceptors (Lipinski definition) is 7. The topological polar surface area (TPSA) is 53.5 Å². The molecule has 0 spiro atoms. The van der Waals surface area contributed by atoms with Crippen LogP contribution in [0.4, 0.5) is 17.3 Å². The Morgan fingerprint density at radius 2 is 1.91 bits per heavy atom. The fraction of sp³-hybridized carbons (Fsp3) is 0.280. The van der Waals surface area contributed by atoms with Crippen molar-refractivity contribution in [1.82, 2.24) is 14.9 Å². The summed E-state index contributed by atoms with van der Waals surface area (Å²) in [6.07, 6.45) is 3.79. The van der Waals surface area contributed by atoms with Gasteiger partial charge in [0.2, 0.25) is 5.95 Å². The fourth-order valence-electron chi connectivity index (χ4n) is 3.60. The molecule has 0 saturated carbocycles. The molecular weight excluding hydrogens is 418 g/mol. The lowest BCUT2D eigenvalue weighted by atomic mass is 10.1. The van der Waals surface area contributed by atoms with Crippen LogP contribution in [0.25, 0.3) is 11.3 Å². The van der Waals surface area contributed by atoms with E-state index in [1.54, 1.807) is 11.9 Å². The average molecular weight is 448 g/mol. The number of benzene rings is 2. The van der Waals surface area contributed by atoms with Gasteiger partial charge in [-0.25, -0.2) is 9.97 Å². The summed E-state index contributed by atoms with van der Waals surface area (Å²) >= 11 is 1.64. The third-order valence-corrected chi connectivity index (χ3v) is 6.43. The highest BCUT2D eigenvalue weighted by Crippen LogP contribution is 2.45. The molecule has 32 heavy (non-hydrogen) atoms. The van der Waals surface area contributed by atoms with Crippen LogP contribution in [0, 0.1) is 0 Å². The predicted molar refractivity (Wildman–Crippen MR) is 134 cm³/mol. The molecule has 1 aliphatic rings. The van der Waals surface area contributed by atoms with E-state index in [9.17, 15) is 0 Å². The number of rotatable bonds is 10. The zero-order valence-electron chi connectivity index (χ0n) is 18.6. The number of nitrogens with zero attached hydrogens (tertiary/aromatic N) is 4. The molecule has 0 fully saturated rings. The van der Waals surface area contributed by atoms with Crippen LogP contribution in [0.5, 0.6) is 5.75 Å². The van der Waals surface area contributed by atoms with E-state index in [2.05, 4.69) is 52.1 Å². The lowest BCUT2D eigenvalue weighted by Gasteiger charge is -2.29. The molecule has 0 amide bonds. The number of nitrogens with one attached hydrogen (secondary N) is 1. The Balaban J connectivity index is 1.45. The number of anilines is 3. The molecule has 4 rings (SSSR count). The first-order valence-electron chi connectivity index (χ1n) is 11.0. The maximum Gasteiger partial charge on any atom is 0.227 e. The Morgan fingerprint density at radius 3 is 2.66 bits per heavy atom. The number of aromatic nitrogens is 2. The quantitative estimate of drug-likeness (QED) is 0.320. The van der Waals surface area contributed by atoms with Gasteiger partial charge in [-0.2, -0.15) is 0 Å². The van der Waals surface area contributed by atoms with Gasteiger partial charge in [-0.3, -0.25) is 0 Å². The predicted octanol–water partition coefficient (Wildman–Crippen LogP) is 5.62. The van der Waals surface area contributed by atoms with Crippen molar-refractivity contribution in [3.05, 3.63) is 67.4 Å². The van der Waals surface area contributed by atoms with Crippen LogP contribution in [0.3, 0.4) is 0 Å². The van der Waals surface area contributed by atoms with E-state index in [1.807, 2.05) is 48.7 Å². The highest BCUT2D eigenvalue weighted by molar-refractivity contribution is 8.00. The van der Waals surface area contributed by atoms with Gasteiger partial charge in [-0.15, -0.1) is 6.58 Å². The van der Waals surface area contributed by atoms with E-state index in [0.29, 0.717) is 12.6 Å². The van der Waals surface area contributed by atoms with Crippen molar-refractivity contribution < 1.29 is 4.74 Å². The lowest BCUT2D eigenvalue weighted by Crippen LogP contribution is -2.27. The standard InChI is InChI=1S/C25H29N5OS/c1-4-15-30-22-10-8-7-9-21(22)24-23(32-30)18-26-25(28-24)27-19-11-13-20(14-12-19)31-17-16-29(5-2)6-3/h4,7-14,18H,1,5-6,15-17H2,2-3H3,(H,26,27,28). The first kappa shape index (κ1) is 22.2. The molecule has 0 radical (unpaired) electrons. The summed E-state index contributed by atoms with van der Waals surface area (Å²) in [6.45, 7) is 12.7. The van der Waals surface area contributed by atoms with Crippen LogP contribution < -0.4 is 14.4 Å². The van der Waals surface area contributed by atoms with Crippen molar-refractivity contribution in [2.75, 3.05) is 42.4 Å². The average Bonchev–Trinajstić information content (AvgIpc) is 2.83. The molecule has 0 atom stereocenters. The van der Waals surface area contributed by atoms with Crippen molar-refractivity contribution in [1.29, 1.82) is 0 Å². The van der Waals surface area contributed by atoms with Crippen molar-refractivity contribution >= 4 is 29.3 Å². The minimum atomic E-state index is 0.575. The summed E-state index contributed by atoms with van der Waals surface area (Å²) in [5.74, 6) is 1.44. The SMILES string of the molecule is C=CCN1Sc2cnc(Nc3ccc(OCCN(CC)CC)cc3)nc2-c2ccccc21. The van der Waals surface area contributed by atoms with Crippen LogP contribution in [-0.2, 0) is 0 Å². The largest absolute Gasteiger partial charge is 0.492 e. The summed E-state index contributed by atoms with van der Waals surface area (Å²) in [4.78, 5) is 12.7. The van der Waals surface area contributed by atoms with Gasteiger partial charge in [0.25, 0.3) is 0 Å². The summed E-state index contributed by atoms with van der Waals surface area (Å²) < 4.78 is 8.08. The zero-order chi connectivity index (χ0) is 22.3. The lowest BCUT2D eigenvalue weighted by molar-refractivity contribution is 0.223. The monoisotopic (exact) mass is 447 g/mol. The van der Waals surface area contributed by atoms with E-state index in [4.69, 9.17) is 9.72 Å². The molecule has 3 aromatic rings. The maximum atomic E-state index is 5.87. The van der Waals surface area contributed by atoms with Gasteiger partial charge in [-0.05, 0) is 55.4 Å². The minimum Gasteiger partial charge on any atom is -0.492 e. The van der Waals surface area contributed by atoms with Crippen LogP contribution in [0.15, 0.2) is 72.3 Å². The van der Waals surface area contributed by atoms with Crippen LogP contribution in [0.1, 0.15) is 13.8 Å². The number of ether oxygens (including phenoxy) is 1. The van der Waals surface area contributed by atoms with Crippen molar-refractivity contribution in [3.8, 4) is 17.0 Å².